The molecule has 6 nitrogen and oxygen atoms in total. The molecule has 0 spiro atoms. The molecular weight excluding hydrogens is 458 g/mol. The van der Waals surface area contributed by atoms with Gasteiger partial charge in [-0.3, -0.25) is 9.78 Å². The van der Waals surface area contributed by atoms with Crippen molar-refractivity contribution >= 4 is 25.5 Å². The number of carbonyl (C=O) groups is 1. The van der Waals surface area contributed by atoms with Gasteiger partial charge in [0.2, 0.25) is 9.84 Å². The van der Waals surface area contributed by atoms with Gasteiger partial charge in [-0.05, 0) is 59.9 Å². The average molecular weight is 486 g/mol. The number of sulfone groups is 2. The number of aryl methyl sites for hydroxylation is 1. The topological polar surface area (TPSA) is 98.2 Å². The highest BCUT2D eigenvalue weighted by Crippen LogP contribution is 2.23. The molecular formula is C25H27NO5S2. The number of pyridine rings is 1. The number of ketones is 1. The van der Waals surface area contributed by atoms with Crippen LogP contribution in [-0.4, -0.2) is 33.4 Å². The van der Waals surface area contributed by atoms with Gasteiger partial charge < -0.3 is 0 Å². The first-order chi connectivity index (χ1) is 15.7. The van der Waals surface area contributed by atoms with E-state index in [4.69, 9.17) is 0 Å². The highest BCUT2D eigenvalue weighted by molar-refractivity contribution is 7.91. The fraction of sp³-hybridized carbons (Fsp3) is 0.280. The lowest BCUT2D eigenvalue weighted by molar-refractivity contribution is -0.118. The van der Waals surface area contributed by atoms with E-state index in [0.29, 0.717) is 24.8 Å². The van der Waals surface area contributed by atoms with Crippen molar-refractivity contribution < 1.29 is 21.6 Å². The predicted octanol–water partition coefficient (Wildman–Crippen LogP) is 3.98. The number of benzene rings is 2. The Morgan fingerprint density at radius 1 is 0.848 bits per heavy atom. The van der Waals surface area contributed by atoms with Gasteiger partial charge in [0.05, 0.1) is 21.3 Å². The number of aromatic nitrogens is 1. The molecule has 0 atom stereocenters. The van der Waals surface area contributed by atoms with Crippen molar-refractivity contribution in [3.63, 3.8) is 0 Å². The average Bonchev–Trinajstić information content (AvgIpc) is 2.78. The number of carbonyl (C=O) groups excluding carboxylic acids is 1. The van der Waals surface area contributed by atoms with Crippen molar-refractivity contribution in [2.45, 2.75) is 48.2 Å². The van der Waals surface area contributed by atoms with Crippen LogP contribution in [0.4, 0.5) is 0 Å². The van der Waals surface area contributed by atoms with Gasteiger partial charge in [-0.25, -0.2) is 16.8 Å². The van der Waals surface area contributed by atoms with Crippen LogP contribution in [0, 0.1) is 0 Å². The zero-order valence-corrected chi connectivity index (χ0v) is 20.1. The molecule has 0 saturated carbocycles. The highest BCUT2D eigenvalue weighted by Gasteiger charge is 2.19. The normalized spacial score (nSPS) is 11.9. The molecule has 3 rings (SSSR count). The first-order valence-corrected chi connectivity index (χ1v) is 14.0. The lowest BCUT2D eigenvalue weighted by atomic mass is 10.0. The van der Waals surface area contributed by atoms with Gasteiger partial charge in [0.25, 0.3) is 0 Å². The number of nitrogens with zero attached hydrogens (tertiary/aromatic N) is 1. The second-order valence-electron chi connectivity index (χ2n) is 7.96. The SMILES string of the molecule is CCCS(=O)(=O)Cc1cccc(S(=O)(=O)c2ccc(CC(=O)CCc3cccnc3)cc2)c1. The fourth-order valence-corrected chi connectivity index (χ4v) is 6.29. The van der Waals surface area contributed by atoms with Crippen LogP contribution in [0.1, 0.15) is 36.5 Å². The van der Waals surface area contributed by atoms with E-state index in [9.17, 15) is 21.6 Å². The Kier molecular flexibility index (Phi) is 8.15. The highest BCUT2D eigenvalue weighted by atomic mass is 32.2. The zero-order chi connectivity index (χ0) is 23.9. The van der Waals surface area contributed by atoms with E-state index in [-0.39, 0.29) is 33.5 Å². The lowest BCUT2D eigenvalue weighted by Gasteiger charge is -2.09. The van der Waals surface area contributed by atoms with E-state index in [0.717, 1.165) is 11.1 Å². The van der Waals surface area contributed by atoms with Crippen LogP contribution in [0.2, 0.25) is 0 Å². The molecule has 0 radical (unpaired) electrons. The Balaban J connectivity index is 1.68. The second kappa shape index (κ2) is 10.9. The third kappa shape index (κ3) is 7.07. The van der Waals surface area contributed by atoms with Crippen LogP contribution >= 0.6 is 0 Å². The third-order valence-corrected chi connectivity index (χ3v) is 8.73. The number of Topliss-reactive ketones (excluding diaryl/α,β-unsaturated/α-hetero) is 1. The fourth-order valence-electron chi connectivity index (χ4n) is 3.51. The molecule has 1 heterocycles. The largest absolute Gasteiger partial charge is 0.299 e. The van der Waals surface area contributed by atoms with Crippen LogP contribution < -0.4 is 0 Å². The van der Waals surface area contributed by atoms with Crippen LogP contribution in [-0.2, 0) is 43.1 Å². The molecule has 8 heteroatoms. The summed E-state index contributed by atoms with van der Waals surface area (Å²) in [7, 11) is -7.09. The first kappa shape index (κ1) is 24.8. The summed E-state index contributed by atoms with van der Waals surface area (Å²) < 4.78 is 50.3. The van der Waals surface area contributed by atoms with E-state index >= 15 is 0 Å². The summed E-state index contributed by atoms with van der Waals surface area (Å²) in [5, 5.41) is 0. The lowest BCUT2D eigenvalue weighted by Crippen LogP contribution is -2.09. The predicted molar refractivity (Wildman–Crippen MR) is 127 cm³/mol. The maximum absolute atomic E-state index is 13.0. The summed E-state index contributed by atoms with van der Waals surface area (Å²) in [5.41, 5.74) is 2.18. The molecule has 0 saturated heterocycles. The molecule has 3 aromatic rings. The molecule has 0 aliphatic heterocycles. The van der Waals surface area contributed by atoms with E-state index in [1.54, 1.807) is 43.6 Å². The minimum Gasteiger partial charge on any atom is -0.299 e. The molecule has 33 heavy (non-hydrogen) atoms. The Bertz CT molecular complexity index is 1300. The summed E-state index contributed by atoms with van der Waals surface area (Å²) >= 11 is 0. The molecule has 0 unspecified atom stereocenters. The van der Waals surface area contributed by atoms with E-state index in [1.807, 2.05) is 12.1 Å². The monoisotopic (exact) mass is 485 g/mol. The smallest absolute Gasteiger partial charge is 0.206 e. The Morgan fingerprint density at radius 3 is 2.24 bits per heavy atom. The Morgan fingerprint density at radius 2 is 1.58 bits per heavy atom. The van der Waals surface area contributed by atoms with Gasteiger partial charge in [0.15, 0.2) is 9.84 Å². The van der Waals surface area contributed by atoms with Crippen LogP contribution in [0.15, 0.2) is 82.8 Å². The van der Waals surface area contributed by atoms with Crippen LogP contribution in [0.25, 0.3) is 0 Å². The zero-order valence-electron chi connectivity index (χ0n) is 18.5. The van der Waals surface area contributed by atoms with Crippen LogP contribution in [0.5, 0.6) is 0 Å². The van der Waals surface area contributed by atoms with Gasteiger partial charge in [-0.2, -0.15) is 0 Å². The van der Waals surface area contributed by atoms with Crippen molar-refractivity contribution in [1.82, 2.24) is 4.98 Å². The van der Waals surface area contributed by atoms with Crippen molar-refractivity contribution in [2.75, 3.05) is 5.75 Å². The minimum atomic E-state index is -3.81. The Labute approximate surface area is 195 Å². The number of rotatable bonds is 11. The van der Waals surface area contributed by atoms with E-state index < -0.39 is 19.7 Å². The Hall–Kier alpha value is -2.84. The van der Waals surface area contributed by atoms with Crippen molar-refractivity contribution in [3.05, 3.63) is 89.7 Å². The summed E-state index contributed by atoms with van der Waals surface area (Å²) in [4.78, 5) is 16.5. The van der Waals surface area contributed by atoms with Crippen molar-refractivity contribution in [3.8, 4) is 0 Å². The third-order valence-electron chi connectivity index (χ3n) is 5.16. The standard InChI is InChI=1S/C25H27NO5S2/c1-2-15-32(28,29)19-22-5-3-7-25(17-22)33(30,31)24-12-9-20(10-13-24)16-23(27)11-8-21-6-4-14-26-18-21/h3-7,9-10,12-14,17-18H,2,8,11,15-16,19H2,1H3. The van der Waals surface area contributed by atoms with Gasteiger partial charge in [0.1, 0.15) is 5.78 Å². The number of hydrogen-bond donors (Lipinski definition) is 0. The molecule has 2 aromatic carbocycles. The summed E-state index contributed by atoms with van der Waals surface area (Å²) in [5.74, 6) is -0.0631. The quantitative estimate of drug-likeness (QED) is 0.407. The molecule has 0 fully saturated rings. The second-order valence-corrected chi connectivity index (χ2v) is 12.1. The maximum atomic E-state index is 13.0. The maximum Gasteiger partial charge on any atom is 0.206 e. The van der Waals surface area contributed by atoms with Gasteiger partial charge in [-0.1, -0.05) is 37.3 Å². The van der Waals surface area contributed by atoms with Crippen molar-refractivity contribution in [2.24, 2.45) is 0 Å². The molecule has 0 aliphatic carbocycles. The van der Waals surface area contributed by atoms with Gasteiger partial charge in [0, 0.05) is 25.2 Å². The summed E-state index contributed by atoms with van der Waals surface area (Å²) in [6, 6.07) is 16.1. The molecule has 174 valence electrons. The van der Waals surface area contributed by atoms with Crippen molar-refractivity contribution in [1.29, 1.82) is 0 Å². The number of hydrogen-bond acceptors (Lipinski definition) is 6. The van der Waals surface area contributed by atoms with Gasteiger partial charge in [-0.15, -0.1) is 0 Å². The van der Waals surface area contributed by atoms with Gasteiger partial charge >= 0.3 is 0 Å². The van der Waals surface area contributed by atoms with E-state index in [2.05, 4.69) is 4.98 Å². The first-order valence-electron chi connectivity index (χ1n) is 10.7. The van der Waals surface area contributed by atoms with Crippen LogP contribution in [0.3, 0.4) is 0 Å². The van der Waals surface area contributed by atoms with E-state index in [1.165, 1.54) is 24.3 Å². The molecule has 0 N–H and O–H groups in total. The summed E-state index contributed by atoms with van der Waals surface area (Å²) in [6.07, 6.45) is 5.17. The molecule has 0 aliphatic rings. The summed E-state index contributed by atoms with van der Waals surface area (Å²) in [6.45, 7) is 1.79. The molecule has 0 bridgehead atoms. The molecule has 1 aromatic heterocycles. The minimum absolute atomic E-state index is 0.0481. The molecule has 0 amide bonds.